The Balaban J connectivity index is 1.00. The number of alkyl carbamates (subject to hydrolysis) is 2. The zero-order valence-corrected chi connectivity index (χ0v) is 43.5. The second kappa shape index (κ2) is 22.7. The van der Waals surface area contributed by atoms with Crippen LogP contribution < -0.4 is 20.9 Å². The lowest BCUT2D eigenvalue weighted by atomic mass is 9.67. The quantitative estimate of drug-likeness (QED) is 0.0600. The SMILES string of the molecule is COC(=O)N[C@H](C(=O)NCCCCc1nc2ccc([C@H]3CC[C@H](c4ccc5nc(C6CCCCN6C(=O)[C@@H](NC(=O)OC)C(C)C)[nH]c5c4)CC3c3ccc(N4CCC(C)(C)CC4)c(F)c3)cc2[nH]1)C(C)C. The molecule has 2 aliphatic heterocycles. The molecule has 0 bridgehead atoms. The summed E-state index contributed by atoms with van der Waals surface area (Å²) >= 11 is 0. The van der Waals surface area contributed by atoms with E-state index < -0.39 is 24.3 Å². The van der Waals surface area contributed by atoms with Gasteiger partial charge in [0.25, 0.3) is 0 Å². The summed E-state index contributed by atoms with van der Waals surface area (Å²) < 4.78 is 26.0. The molecule has 16 heteroatoms. The molecule has 5 aromatic rings. The first-order valence-corrected chi connectivity index (χ1v) is 26.3. The Morgan fingerprint density at radius 3 is 2.08 bits per heavy atom. The minimum Gasteiger partial charge on any atom is -0.453 e. The normalized spacial score (nSPS) is 21.2. The van der Waals surface area contributed by atoms with Gasteiger partial charge in [-0.2, -0.15) is 0 Å². The number of nitrogens with one attached hydrogen (secondary N) is 5. The van der Waals surface area contributed by atoms with Crippen LogP contribution >= 0.6 is 0 Å². The van der Waals surface area contributed by atoms with Crippen LogP contribution in [0.15, 0.2) is 54.6 Å². The first kappa shape index (κ1) is 52.1. The summed E-state index contributed by atoms with van der Waals surface area (Å²) in [6.45, 7) is 14.9. The number of imidazole rings is 2. The van der Waals surface area contributed by atoms with Crippen molar-refractivity contribution in [3.63, 3.8) is 0 Å². The average molecular weight is 990 g/mol. The van der Waals surface area contributed by atoms with Gasteiger partial charge in [-0.3, -0.25) is 9.59 Å². The van der Waals surface area contributed by atoms with Crippen molar-refractivity contribution in [3.8, 4) is 0 Å². The molecule has 2 saturated heterocycles. The lowest BCUT2D eigenvalue weighted by Gasteiger charge is -2.39. The summed E-state index contributed by atoms with van der Waals surface area (Å²) in [6.07, 6.45) is 8.38. The molecule has 6 atom stereocenters. The number of aromatic nitrogens is 4. The number of hydrogen-bond acceptors (Lipinski definition) is 9. The maximum absolute atomic E-state index is 16.5. The number of unbranched alkanes of at least 4 members (excludes halogenated alkanes) is 1. The van der Waals surface area contributed by atoms with Crippen molar-refractivity contribution in [1.82, 2.24) is 40.8 Å². The van der Waals surface area contributed by atoms with Crippen LogP contribution in [0.1, 0.15) is 158 Å². The number of anilines is 1. The topological polar surface area (TPSA) is 187 Å². The summed E-state index contributed by atoms with van der Waals surface area (Å²) in [6, 6.07) is 17.3. The van der Waals surface area contributed by atoms with E-state index in [-0.39, 0.29) is 58.7 Å². The number of nitrogens with zero attached hydrogens (tertiary/aromatic N) is 4. The van der Waals surface area contributed by atoms with E-state index in [2.05, 4.69) is 87.1 Å². The molecular formula is C56H76FN9O6. The Morgan fingerprint density at radius 2 is 1.39 bits per heavy atom. The van der Waals surface area contributed by atoms with Gasteiger partial charge in [-0.25, -0.2) is 23.9 Å². The number of benzene rings is 3. The first-order chi connectivity index (χ1) is 34.5. The van der Waals surface area contributed by atoms with Crippen LogP contribution in [0.4, 0.5) is 19.7 Å². The number of piperidine rings is 2. The standard InChI is InChI=1S/C56H76FN9O6/c1-33(2)49(63-54(69)71-7)52(67)58-25-11-9-14-48-59-42-21-17-38(32-44(42)60-48)39-19-15-35(29-40(39)37-18-22-46(41(57)30-37)65-27-23-56(5,6)24-28-65)36-16-20-43-45(31-36)62-51(61-43)47-13-10-12-26-66(47)53(68)50(34(3)4)64-55(70)72-8/h16-18,20-22,30-35,39-40,47,49-50H,9-15,19,23-29H2,1-8H3,(H,58,67)(H,59,60)(H,61,62)(H,63,69)(H,64,70)/t35-,39+,40?,47?,49-,50-/m0/s1. The van der Waals surface area contributed by atoms with Crippen LogP contribution in [-0.2, 0) is 25.5 Å². The summed E-state index contributed by atoms with van der Waals surface area (Å²) in [5.74, 6) is 1.28. The Hall–Kier alpha value is -6.19. The molecule has 3 aliphatic rings. The number of H-pyrrole nitrogens is 2. The van der Waals surface area contributed by atoms with Crippen molar-refractivity contribution in [3.05, 3.63) is 88.8 Å². The maximum Gasteiger partial charge on any atom is 0.407 e. The molecule has 5 N–H and O–H groups in total. The average Bonchev–Trinajstić information content (AvgIpc) is 4.00. The predicted octanol–water partition coefficient (Wildman–Crippen LogP) is 10.3. The first-order valence-electron chi connectivity index (χ1n) is 26.3. The molecule has 0 radical (unpaired) electrons. The molecule has 4 heterocycles. The molecule has 72 heavy (non-hydrogen) atoms. The van der Waals surface area contributed by atoms with Crippen LogP contribution in [-0.4, -0.2) is 101 Å². The van der Waals surface area contributed by atoms with Gasteiger partial charge in [-0.1, -0.05) is 59.7 Å². The molecule has 0 spiro atoms. The number of rotatable bonds is 16. The lowest BCUT2D eigenvalue weighted by molar-refractivity contribution is -0.138. The molecule has 4 amide bonds. The molecule has 8 rings (SSSR count). The van der Waals surface area contributed by atoms with Crippen molar-refractivity contribution < 1.29 is 33.0 Å². The number of ether oxygens (including phenoxy) is 2. The predicted molar refractivity (Wildman–Crippen MR) is 278 cm³/mol. The fourth-order valence-electron chi connectivity index (χ4n) is 11.3. The monoisotopic (exact) mass is 990 g/mol. The van der Waals surface area contributed by atoms with Crippen molar-refractivity contribution in [1.29, 1.82) is 0 Å². The number of hydrogen-bond donors (Lipinski definition) is 5. The molecule has 2 aromatic heterocycles. The van der Waals surface area contributed by atoms with Crippen LogP contribution in [0.25, 0.3) is 22.1 Å². The van der Waals surface area contributed by atoms with Crippen LogP contribution in [0.2, 0.25) is 0 Å². The van der Waals surface area contributed by atoms with Gasteiger partial charge >= 0.3 is 12.2 Å². The number of likely N-dealkylation sites (tertiary alicyclic amines) is 1. The zero-order chi connectivity index (χ0) is 51.3. The molecule has 1 aliphatic carbocycles. The summed E-state index contributed by atoms with van der Waals surface area (Å²) in [5, 5.41) is 8.32. The summed E-state index contributed by atoms with van der Waals surface area (Å²) in [5.41, 5.74) is 7.99. The molecule has 3 aromatic carbocycles. The Bertz CT molecular complexity index is 2700. The molecular weight excluding hydrogens is 914 g/mol. The van der Waals surface area contributed by atoms with Gasteiger partial charge in [-0.05, 0) is 152 Å². The van der Waals surface area contributed by atoms with E-state index in [0.29, 0.717) is 25.2 Å². The zero-order valence-electron chi connectivity index (χ0n) is 43.5. The Morgan fingerprint density at radius 1 is 0.750 bits per heavy atom. The van der Waals surface area contributed by atoms with E-state index in [1.807, 2.05) is 38.7 Å². The highest BCUT2D eigenvalue weighted by molar-refractivity contribution is 5.87. The molecule has 3 fully saturated rings. The third-order valence-corrected chi connectivity index (χ3v) is 15.7. The van der Waals surface area contributed by atoms with Gasteiger partial charge in [0.05, 0.1) is 48.0 Å². The number of carbonyl (C=O) groups is 4. The van der Waals surface area contributed by atoms with Crippen molar-refractivity contribution in [2.45, 2.75) is 148 Å². The van der Waals surface area contributed by atoms with E-state index in [1.54, 1.807) is 6.07 Å². The highest BCUT2D eigenvalue weighted by atomic mass is 19.1. The molecule has 1 saturated carbocycles. The highest BCUT2D eigenvalue weighted by Gasteiger charge is 2.38. The number of aryl methyl sites for hydroxylation is 1. The lowest BCUT2D eigenvalue weighted by Crippen LogP contribution is -2.53. The minimum absolute atomic E-state index is 0.0445. The van der Waals surface area contributed by atoms with Gasteiger partial charge < -0.3 is 45.2 Å². The van der Waals surface area contributed by atoms with Crippen molar-refractivity contribution in [2.24, 2.45) is 17.3 Å². The maximum atomic E-state index is 16.5. The van der Waals surface area contributed by atoms with E-state index in [0.717, 1.165) is 117 Å². The van der Waals surface area contributed by atoms with Crippen LogP contribution in [0, 0.1) is 23.1 Å². The van der Waals surface area contributed by atoms with Gasteiger partial charge in [-0.15, -0.1) is 0 Å². The van der Waals surface area contributed by atoms with Gasteiger partial charge in [0, 0.05) is 32.6 Å². The number of aromatic amines is 2. The second-order valence-corrected chi connectivity index (χ2v) is 22.0. The van der Waals surface area contributed by atoms with Gasteiger partial charge in [0.15, 0.2) is 0 Å². The summed E-state index contributed by atoms with van der Waals surface area (Å²) in [4.78, 5) is 72.1. The number of fused-ring (bicyclic) bond motifs is 2. The third kappa shape index (κ3) is 12.0. The van der Waals surface area contributed by atoms with E-state index >= 15 is 4.39 Å². The van der Waals surface area contributed by atoms with Gasteiger partial charge in [0.1, 0.15) is 29.5 Å². The number of amides is 4. The molecule has 388 valence electrons. The number of halogens is 1. The van der Waals surface area contributed by atoms with Crippen LogP contribution in [0.5, 0.6) is 0 Å². The second-order valence-electron chi connectivity index (χ2n) is 22.0. The molecule has 15 nitrogen and oxygen atoms in total. The minimum atomic E-state index is -0.717. The number of carbonyl (C=O) groups excluding carboxylic acids is 4. The highest BCUT2D eigenvalue weighted by Crippen LogP contribution is 2.50. The Kier molecular flexibility index (Phi) is 16.4. The van der Waals surface area contributed by atoms with Gasteiger partial charge in [0.2, 0.25) is 11.8 Å². The van der Waals surface area contributed by atoms with E-state index in [9.17, 15) is 19.2 Å². The van der Waals surface area contributed by atoms with E-state index in [4.69, 9.17) is 19.4 Å². The fraction of sp³-hybridized carbons (Fsp3) is 0.571. The summed E-state index contributed by atoms with van der Waals surface area (Å²) in [7, 11) is 2.58. The van der Waals surface area contributed by atoms with Crippen molar-refractivity contribution in [2.75, 3.05) is 45.3 Å². The van der Waals surface area contributed by atoms with E-state index in [1.165, 1.54) is 25.3 Å². The smallest absolute Gasteiger partial charge is 0.407 e. The van der Waals surface area contributed by atoms with Crippen molar-refractivity contribution >= 4 is 51.8 Å². The number of methoxy groups -OCH3 is 2. The van der Waals surface area contributed by atoms with Crippen LogP contribution in [0.3, 0.4) is 0 Å². The fourth-order valence-corrected chi connectivity index (χ4v) is 11.3. The largest absolute Gasteiger partial charge is 0.453 e. The Labute approximate surface area is 423 Å². The third-order valence-electron chi connectivity index (χ3n) is 15.7. The molecule has 2 unspecified atom stereocenters.